The summed E-state index contributed by atoms with van der Waals surface area (Å²) in [6, 6.07) is 24.6. The third kappa shape index (κ3) is 3.07. The fraction of sp³-hybridized carbons (Fsp3) is 0.125. The molecule has 5 rings (SSSR count). The minimum absolute atomic E-state index is 0.319. The van der Waals surface area contributed by atoms with Crippen LogP contribution in [-0.4, -0.2) is 17.9 Å². The molecular formula is C24H16ClN3O3. The fourth-order valence-corrected chi connectivity index (χ4v) is 4.40. The minimum Gasteiger partial charge on any atom is -0.273 e. The number of hydroxylamine groups is 1. The van der Waals surface area contributed by atoms with E-state index in [4.69, 9.17) is 21.7 Å². The molecular weight excluding hydrogens is 414 g/mol. The van der Waals surface area contributed by atoms with Gasteiger partial charge in [-0.3, -0.25) is 14.4 Å². The number of imide groups is 1. The first-order valence-electron chi connectivity index (χ1n) is 9.73. The number of rotatable bonds is 3. The van der Waals surface area contributed by atoms with Crippen molar-refractivity contribution in [2.45, 2.75) is 12.1 Å². The highest BCUT2D eigenvalue weighted by molar-refractivity contribution is 6.36. The van der Waals surface area contributed by atoms with Crippen LogP contribution in [0.4, 0.5) is 11.4 Å². The maximum Gasteiger partial charge on any atom is 0.266 e. The first kappa shape index (κ1) is 19.3. The van der Waals surface area contributed by atoms with Crippen molar-refractivity contribution in [1.29, 1.82) is 5.26 Å². The van der Waals surface area contributed by atoms with Crippen LogP contribution in [0, 0.1) is 17.2 Å². The molecule has 3 atom stereocenters. The van der Waals surface area contributed by atoms with Gasteiger partial charge in [-0.05, 0) is 42.0 Å². The molecule has 152 valence electrons. The SMILES string of the molecule is N#Cc1ccc(C2C3C(=O)N(c4ccccc4Cl)C(=O)C3ON2c2ccccc2)cc1. The molecule has 0 spiro atoms. The third-order valence-corrected chi connectivity index (χ3v) is 5.92. The van der Waals surface area contributed by atoms with E-state index in [9.17, 15) is 9.59 Å². The highest BCUT2D eigenvalue weighted by Gasteiger charge is 2.60. The smallest absolute Gasteiger partial charge is 0.266 e. The molecule has 0 N–H and O–H groups in total. The number of nitrogens with zero attached hydrogens (tertiary/aromatic N) is 3. The summed E-state index contributed by atoms with van der Waals surface area (Å²) in [6.45, 7) is 0. The van der Waals surface area contributed by atoms with Gasteiger partial charge in [0.25, 0.3) is 5.91 Å². The van der Waals surface area contributed by atoms with Crippen molar-refractivity contribution in [3.63, 3.8) is 0 Å². The number of halogens is 1. The summed E-state index contributed by atoms with van der Waals surface area (Å²) >= 11 is 6.27. The van der Waals surface area contributed by atoms with Crippen molar-refractivity contribution in [2.75, 3.05) is 9.96 Å². The number of carbonyl (C=O) groups is 2. The Hall–Kier alpha value is -3.66. The van der Waals surface area contributed by atoms with Gasteiger partial charge in [0, 0.05) is 0 Å². The Labute approximate surface area is 183 Å². The van der Waals surface area contributed by atoms with E-state index in [0.29, 0.717) is 16.3 Å². The normalized spacial score (nSPS) is 22.5. The van der Waals surface area contributed by atoms with E-state index in [-0.39, 0.29) is 5.91 Å². The maximum absolute atomic E-state index is 13.5. The van der Waals surface area contributed by atoms with Crippen LogP contribution >= 0.6 is 11.6 Å². The number of anilines is 2. The van der Waals surface area contributed by atoms with Crippen LogP contribution in [0.2, 0.25) is 5.02 Å². The zero-order valence-corrected chi connectivity index (χ0v) is 16.9. The molecule has 2 saturated heterocycles. The summed E-state index contributed by atoms with van der Waals surface area (Å²) in [4.78, 5) is 34.0. The van der Waals surface area contributed by atoms with Crippen LogP contribution in [0.1, 0.15) is 17.2 Å². The molecule has 0 saturated carbocycles. The predicted molar refractivity (Wildman–Crippen MR) is 115 cm³/mol. The van der Waals surface area contributed by atoms with Crippen molar-refractivity contribution in [1.82, 2.24) is 0 Å². The molecule has 0 aromatic heterocycles. The Morgan fingerprint density at radius 1 is 0.871 bits per heavy atom. The summed E-state index contributed by atoms with van der Waals surface area (Å²) in [5.74, 6) is -1.56. The quantitative estimate of drug-likeness (QED) is 0.581. The molecule has 3 unspecified atom stereocenters. The third-order valence-electron chi connectivity index (χ3n) is 5.60. The van der Waals surface area contributed by atoms with Gasteiger partial charge in [-0.1, -0.05) is 54.1 Å². The van der Waals surface area contributed by atoms with Gasteiger partial charge in [-0.2, -0.15) is 5.26 Å². The molecule has 3 aromatic carbocycles. The molecule has 31 heavy (non-hydrogen) atoms. The van der Waals surface area contributed by atoms with Gasteiger partial charge in [0.05, 0.1) is 34.1 Å². The van der Waals surface area contributed by atoms with Crippen molar-refractivity contribution in [3.8, 4) is 6.07 Å². The van der Waals surface area contributed by atoms with Gasteiger partial charge in [0.15, 0.2) is 6.10 Å². The van der Waals surface area contributed by atoms with E-state index in [0.717, 1.165) is 16.2 Å². The van der Waals surface area contributed by atoms with E-state index in [1.54, 1.807) is 53.6 Å². The van der Waals surface area contributed by atoms with Crippen molar-refractivity contribution < 1.29 is 14.4 Å². The molecule has 2 aliphatic rings. The van der Waals surface area contributed by atoms with Crippen LogP contribution in [0.5, 0.6) is 0 Å². The second kappa shape index (κ2) is 7.55. The summed E-state index contributed by atoms with van der Waals surface area (Å²) in [6.07, 6.45) is -0.968. The monoisotopic (exact) mass is 429 g/mol. The average Bonchev–Trinajstić information content (AvgIpc) is 3.31. The van der Waals surface area contributed by atoms with E-state index in [1.807, 2.05) is 30.3 Å². The van der Waals surface area contributed by atoms with Gasteiger partial charge < -0.3 is 0 Å². The van der Waals surface area contributed by atoms with Gasteiger partial charge in [0.1, 0.15) is 5.92 Å². The lowest BCUT2D eigenvalue weighted by atomic mass is 9.90. The maximum atomic E-state index is 13.5. The molecule has 2 aliphatic heterocycles. The largest absolute Gasteiger partial charge is 0.273 e. The van der Waals surface area contributed by atoms with Crippen LogP contribution in [0.15, 0.2) is 78.9 Å². The number of fused-ring (bicyclic) bond motifs is 1. The summed E-state index contributed by atoms with van der Waals surface area (Å²) < 4.78 is 0. The number of nitriles is 1. The number of para-hydroxylation sites is 2. The van der Waals surface area contributed by atoms with Crippen LogP contribution in [0.3, 0.4) is 0 Å². The Morgan fingerprint density at radius 3 is 2.23 bits per heavy atom. The van der Waals surface area contributed by atoms with Gasteiger partial charge >= 0.3 is 0 Å². The van der Waals surface area contributed by atoms with Crippen molar-refractivity contribution in [3.05, 3.63) is 95.0 Å². The van der Waals surface area contributed by atoms with Gasteiger partial charge in [-0.15, -0.1) is 0 Å². The van der Waals surface area contributed by atoms with Crippen molar-refractivity contribution in [2.24, 2.45) is 5.92 Å². The first-order chi connectivity index (χ1) is 15.1. The number of hydrogen-bond acceptors (Lipinski definition) is 5. The number of amides is 2. The molecule has 0 radical (unpaired) electrons. The highest BCUT2D eigenvalue weighted by Crippen LogP contribution is 2.48. The lowest BCUT2D eigenvalue weighted by molar-refractivity contribution is -0.126. The standard InChI is InChI=1S/C24H16ClN3O3/c25-18-8-4-5-9-19(18)27-23(29)20-21(16-12-10-15(14-26)11-13-16)28(31-22(20)24(27)30)17-6-2-1-3-7-17/h1-13,20-22H. The Morgan fingerprint density at radius 2 is 1.55 bits per heavy atom. The van der Waals surface area contributed by atoms with E-state index >= 15 is 0 Å². The van der Waals surface area contributed by atoms with Crippen molar-refractivity contribution >= 4 is 34.8 Å². The van der Waals surface area contributed by atoms with Gasteiger partial charge in [-0.25, -0.2) is 9.96 Å². The summed E-state index contributed by atoms with van der Waals surface area (Å²) in [7, 11) is 0. The second-order valence-electron chi connectivity index (χ2n) is 7.36. The number of carbonyl (C=O) groups excluding carboxylic acids is 2. The Balaban J connectivity index is 1.60. The average molecular weight is 430 g/mol. The molecule has 3 aromatic rings. The Bertz CT molecular complexity index is 1210. The molecule has 2 fully saturated rings. The lowest BCUT2D eigenvalue weighted by Gasteiger charge is -2.29. The van der Waals surface area contributed by atoms with E-state index in [1.165, 1.54) is 0 Å². The molecule has 0 bridgehead atoms. The fourth-order valence-electron chi connectivity index (χ4n) is 4.18. The second-order valence-corrected chi connectivity index (χ2v) is 7.76. The lowest BCUT2D eigenvalue weighted by Crippen LogP contribution is -2.37. The Kier molecular flexibility index (Phi) is 4.70. The van der Waals surface area contributed by atoms with Gasteiger partial charge in [0.2, 0.25) is 5.91 Å². The minimum atomic E-state index is -0.968. The number of hydrogen-bond donors (Lipinski definition) is 0. The predicted octanol–water partition coefficient (Wildman–Crippen LogP) is 4.26. The zero-order valence-electron chi connectivity index (χ0n) is 16.2. The van der Waals surface area contributed by atoms with E-state index in [2.05, 4.69) is 6.07 Å². The molecule has 6 nitrogen and oxygen atoms in total. The summed E-state index contributed by atoms with van der Waals surface area (Å²) in [5.41, 5.74) is 2.37. The summed E-state index contributed by atoms with van der Waals surface area (Å²) in [5, 5.41) is 11.1. The van der Waals surface area contributed by atoms with Crippen LogP contribution in [0.25, 0.3) is 0 Å². The molecule has 7 heteroatoms. The van der Waals surface area contributed by atoms with E-state index < -0.39 is 24.0 Å². The van der Waals surface area contributed by atoms with Crippen LogP contribution < -0.4 is 9.96 Å². The molecule has 0 aliphatic carbocycles. The molecule has 2 amide bonds. The number of benzene rings is 3. The zero-order chi connectivity index (χ0) is 21.5. The van der Waals surface area contributed by atoms with Crippen LogP contribution in [-0.2, 0) is 14.4 Å². The first-order valence-corrected chi connectivity index (χ1v) is 10.1. The molecule has 2 heterocycles. The topological polar surface area (TPSA) is 73.6 Å². The highest BCUT2D eigenvalue weighted by atomic mass is 35.5.